The normalized spacial score (nSPS) is 11.1. The van der Waals surface area contributed by atoms with Gasteiger partial charge in [0.2, 0.25) is 4.77 Å². The van der Waals surface area contributed by atoms with E-state index in [0.717, 1.165) is 15.6 Å². The fourth-order valence-electron chi connectivity index (χ4n) is 3.31. The van der Waals surface area contributed by atoms with Gasteiger partial charge in [0.05, 0.1) is 25.8 Å². The maximum atomic E-state index is 12.2. The Kier molecular flexibility index (Phi) is 8.79. The van der Waals surface area contributed by atoms with E-state index >= 15 is 0 Å². The van der Waals surface area contributed by atoms with Crippen LogP contribution in [-0.2, 0) is 11.3 Å². The number of nitrogens with one attached hydrogen (secondary N) is 3. The Morgan fingerprint density at radius 3 is 2.57 bits per heavy atom. The molecule has 0 aliphatic rings. The maximum Gasteiger partial charge on any atom is 0.258 e. The van der Waals surface area contributed by atoms with Crippen LogP contribution in [0.4, 0.5) is 0 Å². The van der Waals surface area contributed by atoms with Crippen LogP contribution in [0.3, 0.4) is 0 Å². The minimum atomic E-state index is -0.337. The predicted molar refractivity (Wildman–Crippen MR) is 141 cm³/mol. The number of halogens is 1. The molecule has 0 bridgehead atoms. The average Bonchev–Trinajstić information content (AvgIpc) is 3.17. The highest BCUT2D eigenvalue weighted by Gasteiger charge is 2.18. The van der Waals surface area contributed by atoms with Gasteiger partial charge in [-0.05, 0) is 69.7 Å². The van der Waals surface area contributed by atoms with E-state index in [9.17, 15) is 4.79 Å². The molecular formula is C24H30BrN5O4S. The highest BCUT2D eigenvalue weighted by molar-refractivity contribution is 9.10. The van der Waals surface area contributed by atoms with Crippen LogP contribution >= 0.6 is 28.1 Å². The number of H-pyrrole nitrogens is 1. The number of rotatable bonds is 10. The van der Waals surface area contributed by atoms with Gasteiger partial charge in [-0.25, -0.2) is 9.77 Å². The Morgan fingerprint density at radius 2 is 1.89 bits per heavy atom. The second kappa shape index (κ2) is 11.6. The Bertz CT molecular complexity index is 1240. The zero-order chi connectivity index (χ0) is 25.6. The van der Waals surface area contributed by atoms with E-state index in [1.54, 1.807) is 17.9 Å². The predicted octanol–water partition coefficient (Wildman–Crippen LogP) is 4.81. The summed E-state index contributed by atoms with van der Waals surface area (Å²) in [7, 11) is 1.61. The summed E-state index contributed by atoms with van der Waals surface area (Å²) in [6.07, 6.45) is 0. The first-order valence-electron chi connectivity index (χ1n) is 11.1. The Hall–Kier alpha value is -3.05. The minimum Gasteiger partial charge on any atom is -0.496 e. The standard InChI is InChI=1S/C24H30BrN5O4S/c1-6-33-19-11-15(17(25)12-20(19)34-14-21(31)27-24(2,3)4)13-26-30-22(28-29-23(30)35)16-9-7-8-10-18(16)32-5/h7-12,26H,6,13-14H2,1-5H3,(H,27,31)(H,29,35). The number of benzene rings is 2. The van der Waals surface area contributed by atoms with Crippen molar-refractivity contribution in [2.24, 2.45) is 0 Å². The van der Waals surface area contributed by atoms with E-state index in [0.29, 0.717) is 41.0 Å². The van der Waals surface area contributed by atoms with E-state index in [4.69, 9.17) is 26.4 Å². The average molecular weight is 565 g/mol. The van der Waals surface area contributed by atoms with Crippen molar-refractivity contribution in [1.82, 2.24) is 20.2 Å². The van der Waals surface area contributed by atoms with Gasteiger partial charge in [0.25, 0.3) is 5.91 Å². The number of hydrogen-bond donors (Lipinski definition) is 3. The first-order valence-corrected chi connectivity index (χ1v) is 12.3. The highest BCUT2D eigenvalue weighted by atomic mass is 79.9. The quantitative estimate of drug-likeness (QED) is 0.304. The summed E-state index contributed by atoms with van der Waals surface area (Å²) in [5.74, 6) is 2.08. The molecule has 1 amide bonds. The van der Waals surface area contributed by atoms with Gasteiger partial charge in [-0.3, -0.25) is 4.79 Å². The molecule has 0 aliphatic heterocycles. The minimum absolute atomic E-state index is 0.117. The highest BCUT2D eigenvalue weighted by Crippen LogP contribution is 2.34. The molecule has 0 saturated carbocycles. The van der Waals surface area contributed by atoms with E-state index in [-0.39, 0.29) is 18.1 Å². The Morgan fingerprint density at radius 1 is 1.17 bits per heavy atom. The molecule has 188 valence electrons. The molecule has 0 fully saturated rings. The van der Waals surface area contributed by atoms with Gasteiger partial charge in [0, 0.05) is 10.0 Å². The third-order valence-electron chi connectivity index (χ3n) is 4.73. The first kappa shape index (κ1) is 26.6. The third-order valence-corrected chi connectivity index (χ3v) is 5.75. The van der Waals surface area contributed by atoms with Crippen LogP contribution in [0.15, 0.2) is 40.9 Å². The molecule has 2 aromatic carbocycles. The van der Waals surface area contributed by atoms with Gasteiger partial charge in [-0.15, -0.1) is 0 Å². The van der Waals surface area contributed by atoms with Crippen molar-refractivity contribution in [2.45, 2.75) is 39.8 Å². The van der Waals surface area contributed by atoms with E-state index in [1.807, 2.05) is 58.0 Å². The molecule has 9 nitrogen and oxygen atoms in total. The number of carbonyl (C=O) groups is 1. The van der Waals surface area contributed by atoms with Crippen LogP contribution in [0, 0.1) is 4.77 Å². The lowest BCUT2D eigenvalue weighted by Crippen LogP contribution is -2.43. The molecule has 3 rings (SSSR count). The molecule has 0 spiro atoms. The van der Waals surface area contributed by atoms with Gasteiger partial charge in [0.15, 0.2) is 23.9 Å². The lowest BCUT2D eigenvalue weighted by Gasteiger charge is -2.21. The SMILES string of the molecule is CCOc1cc(CNn2c(-c3ccccc3OC)n[nH]c2=S)c(Br)cc1OCC(=O)NC(C)(C)C. The summed E-state index contributed by atoms with van der Waals surface area (Å²) in [5.41, 5.74) is 4.66. The molecule has 0 aliphatic carbocycles. The summed E-state index contributed by atoms with van der Waals surface area (Å²) >= 11 is 9.03. The first-order chi connectivity index (χ1) is 16.6. The van der Waals surface area contributed by atoms with Gasteiger partial charge >= 0.3 is 0 Å². The second-order valence-electron chi connectivity index (χ2n) is 8.63. The Balaban J connectivity index is 1.81. The number of nitrogens with zero attached hydrogens (tertiary/aromatic N) is 2. The molecule has 3 N–H and O–H groups in total. The summed E-state index contributed by atoms with van der Waals surface area (Å²) in [4.78, 5) is 12.2. The number of carbonyl (C=O) groups excluding carboxylic acids is 1. The van der Waals surface area contributed by atoms with Gasteiger partial charge in [-0.1, -0.05) is 28.1 Å². The number of para-hydroxylation sites is 1. The summed E-state index contributed by atoms with van der Waals surface area (Å²) in [5, 5.41) is 10.1. The van der Waals surface area contributed by atoms with Crippen LogP contribution in [0.25, 0.3) is 11.4 Å². The molecule has 11 heteroatoms. The molecule has 0 radical (unpaired) electrons. The van der Waals surface area contributed by atoms with Crippen molar-refractivity contribution < 1.29 is 19.0 Å². The topological polar surface area (TPSA) is 102 Å². The van der Waals surface area contributed by atoms with E-state index in [2.05, 4.69) is 36.9 Å². The van der Waals surface area contributed by atoms with Crippen LogP contribution in [0.1, 0.15) is 33.3 Å². The fourth-order valence-corrected chi connectivity index (χ4v) is 3.97. The Labute approximate surface area is 218 Å². The number of methoxy groups -OCH3 is 1. The second-order valence-corrected chi connectivity index (χ2v) is 9.87. The lowest BCUT2D eigenvalue weighted by molar-refractivity contribution is -0.124. The molecule has 35 heavy (non-hydrogen) atoms. The van der Waals surface area contributed by atoms with Crippen LogP contribution < -0.4 is 25.0 Å². The van der Waals surface area contributed by atoms with Crippen LogP contribution in [-0.4, -0.2) is 46.6 Å². The van der Waals surface area contributed by atoms with E-state index < -0.39 is 0 Å². The van der Waals surface area contributed by atoms with Crippen molar-refractivity contribution in [3.63, 3.8) is 0 Å². The molecular weight excluding hydrogens is 534 g/mol. The number of aromatic nitrogens is 3. The van der Waals surface area contributed by atoms with Crippen molar-refractivity contribution in [2.75, 3.05) is 25.7 Å². The van der Waals surface area contributed by atoms with Crippen molar-refractivity contribution in [3.8, 4) is 28.6 Å². The monoisotopic (exact) mass is 563 g/mol. The van der Waals surface area contributed by atoms with Crippen LogP contribution in [0.2, 0.25) is 0 Å². The summed E-state index contributed by atoms with van der Waals surface area (Å²) < 4.78 is 19.9. The fraction of sp³-hybridized carbons (Fsp3) is 0.375. The zero-order valence-corrected chi connectivity index (χ0v) is 22.8. The van der Waals surface area contributed by atoms with Gasteiger partial charge < -0.3 is 25.0 Å². The molecule has 1 aromatic heterocycles. The largest absolute Gasteiger partial charge is 0.496 e. The molecule has 0 atom stereocenters. The molecule has 1 heterocycles. The zero-order valence-electron chi connectivity index (χ0n) is 20.4. The number of aromatic amines is 1. The van der Waals surface area contributed by atoms with Crippen molar-refractivity contribution in [3.05, 3.63) is 51.2 Å². The maximum absolute atomic E-state index is 12.2. The summed E-state index contributed by atoms with van der Waals surface area (Å²) in [6.45, 7) is 8.38. The lowest BCUT2D eigenvalue weighted by atomic mass is 10.1. The van der Waals surface area contributed by atoms with Crippen molar-refractivity contribution in [1.29, 1.82) is 0 Å². The summed E-state index contributed by atoms with van der Waals surface area (Å²) in [6, 6.07) is 11.2. The van der Waals surface area contributed by atoms with Crippen molar-refractivity contribution >= 4 is 34.1 Å². The smallest absolute Gasteiger partial charge is 0.258 e. The molecule has 0 unspecified atom stereocenters. The molecule has 3 aromatic rings. The number of amides is 1. The van der Waals surface area contributed by atoms with Gasteiger partial charge in [-0.2, -0.15) is 5.10 Å². The number of ether oxygens (including phenoxy) is 3. The van der Waals surface area contributed by atoms with E-state index in [1.165, 1.54) is 0 Å². The third kappa shape index (κ3) is 6.98. The van der Waals surface area contributed by atoms with Crippen LogP contribution in [0.5, 0.6) is 17.2 Å². The number of hydrogen-bond acceptors (Lipinski definition) is 7. The molecule has 0 saturated heterocycles. The van der Waals surface area contributed by atoms with Gasteiger partial charge in [0.1, 0.15) is 5.75 Å².